The van der Waals surface area contributed by atoms with Crippen molar-refractivity contribution in [2.24, 2.45) is 17.8 Å². The zero-order valence-corrected chi connectivity index (χ0v) is 14.6. The topological polar surface area (TPSA) is 12.0 Å². The first-order valence-corrected chi connectivity index (χ1v) is 8.74. The molecular weight excluding hydrogens is 254 g/mol. The van der Waals surface area contributed by atoms with Crippen LogP contribution in [0.25, 0.3) is 0 Å². The van der Waals surface area contributed by atoms with Crippen molar-refractivity contribution in [1.82, 2.24) is 5.32 Å². The minimum absolute atomic E-state index is 0.743. The summed E-state index contributed by atoms with van der Waals surface area (Å²) in [6.07, 6.45) is 4.14. The monoisotopic (exact) mass is 287 g/mol. The summed E-state index contributed by atoms with van der Waals surface area (Å²) in [4.78, 5) is 0. The van der Waals surface area contributed by atoms with Crippen LogP contribution in [0, 0.1) is 31.6 Å². The Bertz CT molecular complexity index is 429. The Morgan fingerprint density at radius 3 is 2.38 bits per heavy atom. The molecule has 0 saturated heterocycles. The van der Waals surface area contributed by atoms with Gasteiger partial charge in [-0.25, -0.2) is 0 Å². The highest BCUT2D eigenvalue weighted by Crippen LogP contribution is 2.40. The maximum Gasteiger partial charge on any atom is -0.00146 e. The summed E-state index contributed by atoms with van der Waals surface area (Å²) in [5, 5.41) is 3.70. The molecule has 0 bridgehead atoms. The van der Waals surface area contributed by atoms with Crippen molar-refractivity contribution < 1.29 is 0 Å². The molecule has 1 saturated carbocycles. The highest BCUT2D eigenvalue weighted by molar-refractivity contribution is 5.31. The second-order valence-corrected chi connectivity index (χ2v) is 7.76. The molecule has 0 aromatic heterocycles. The van der Waals surface area contributed by atoms with Gasteiger partial charge < -0.3 is 5.32 Å². The first-order valence-electron chi connectivity index (χ1n) is 8.74. The van der Waals surface area contributed by atoms with E-state index in [1.54, 1.807) is 5.56 Å². The molecule has 21 heavy (non-hydrogen) atoms. The maximum atomic E-state index is 3.70. The van der Waals surface area contributed by atoms with Crippen LogP contribution >= 0.6 is 0 Å². The predicted octanol–water partition coefficient (Wildman–Crippen LogP) is 5.07. The van der Waals surface area contributed by atoms with Crippen LogP contribution in [-0.4, -0.2) is 13.1 Å². The number of nitrogens with one attached hydrogen (secondary N) is 1. The van der Waals surface area contributed by atoms with Crippen molar-refractivity contribution >= 4 is 0 Å². The molecule has 1 nitrogen and oxygen atoms in total. The third kappa shape index (κ3) is 4.85. The molecule has 118 valence electrons. The fraction of sp³-hybridized carbons (Fsp3) is 0.700. The van der Waals surface area contributed by atoms with Gasteiger partial charge >= 0.3 is 0 Å². The summed E-state index contributed by atoms with van der Waals surface area (Å²) in [5.41, 5.74) is 4.41. The van der Waals surface area contributed by atoms with Crippen molar-refractivity contribution in [1.29, 1.82) is 0 Å². The Balaban J connectivity index is 2.10. The molecule has 0 radical (unpaired) electrons. The van der Waals surface area contributed by atoms with Crippen molar-refractivity contribution in [2.45, 2.75) is 59.8 Å². The molecule has 1 aliphatic rings. The van der Waals surface area contributed by atoms with Gasteiger partial charge in [0.1, 0.15) is 0 Å². The molecule has 1 aromatic rings. The lowest BCUT2D eigenvalue weighted by atomic mass is 9.71. The molecule has 3 atom stereocenters. The van der Waals surface area contributed by atoms with Crippen molar-refractivity contribution in [2.75, 3.05) is 13.1 Å². The second kappa shape index (κ2) is 7.45. The molecule has 0 heterocycles. The van der Waals surface area contributed by atoms with Gasteiger partial charge in [0, 0.05) is 0 Å². The van der Waals surface area contributed by atoms with E-state index in [0.29, 0.717) is 0 Å². The number of hydrogen-bond donors (Lipinski definition) is 1. The van der Waals surface area contributed by atoms with Crippen LogP contribution in [0.3, 0.4) is 0 Å². The molecule has 1 heteroatoms. The second-order valence-electron chi connectivity index (χ2n) is 7.76. The molecule has 1 fully saturated rings. The van der Waals surface area contributed by atoms with Crippen LogP contribution in [-0.2, 0) is 0 Å². The van der Waals surface area contributed by atoms with Gasteiger partial charge in [-0.2, -0.15) is 0 Å². The zero-order chi connectivity index (χ0) is 15.4. The molecule has 1 aromatic carbocycles. The van der Waals surface area contributed by atoms with E-state index in [0.717, 1.165) is 30.2 Å². The molecule has 0 amide bonds. The zero-order valence-electron chi connectivity index (χ0n) is 14.6. The van der Waals surface area contributed by atoms with Crippen molar-refractivity contribution in [3.63, 3.8) is 0 Å². The average molecular weight is 287 g/mol. The normalized spacial score (nSPS) is 26.3. The lowest BCUT2D eigenvalue weighted by Gasteiger charge is -2.36. The summed E-state index contributed by atoms with van der Waals surface area (Å²) in [7, 11) is 0. The highest BCUT2D eigenvalue weighted by Gasteiger charge is 2.29. The highest BCUT2D eigenvalue weighted by atomic mass is 14.9. The molecular formula is C20H33N. The molecule has 0 aliphatic heterocycles. The van der Waals surface area contributed by atoms with Gasteiger partial charge in [-0.15, -0.1) is 0 Å². The van der Waals surface area contributed by atoms with E-state index < -0.39 is 0 Å². The Hall–Kier alpha value is -0.820. The van der Waals surface area contributed by atoms with E-state index in [9.17, 15) is 0 Å². The first kappa shape index (κ1) is 16.5. The van der Waals surface area contributed by atoms with E-state index in [-0.39, 0.29) is 0 Å². The van der Waals surface area contributed by atoms with E-state index >= 15 is 0 Å². The van der Waals surface area contributed by atoms with E-state index in [1.165, 1.54) is 36.9 Å². The molecule has 2 rings (SSSR count). The fourth-order valence-electron chi connectivity index (χ4n) is 3.88. The summed E-state index contributed by atoms with van der Waals surface area (Å²) in [6.45, 7) is 13.8. The number of aryl methyl sites for hydroxylation is 2. The minimum atomic E-state index is 0.743. The summed E-state index contributed by atoms with van der Waals surface area (Å²) >= 11 is 0. The third-order valence-electron chi connectivity index (χ3n) is 4.89. The van der Waals surface area contributed by atoms with Gasteiger partial charge in [-0.3, -0.25) is 0 Å². The third-order valence-corrected chi connectivity index (χ3v) is 4.89. The van der Waals surface area contributed by atoms with E-state index in [1.807, 2.05) is 0 Å². The van der Waals surface area contributed by atoms with Crippen LogP contribution < -0.4 is 5.32 Å². The van der Waals surface area contributed by atoms with Gasteiger partial charge in [-0.05, 0) is 69.0 Å². The summed E-state index contributed by atoms with van der Waals surface area (Å²) in [6, 6.07) is 7.14. The van der Waals surface area contributed by atoms with Crippen LogP contribution in [0.2, 0.25) is 0 Å². The average Bonchev–Trinajstić information content (AvgIpc) is 2.39. The molecule has 0 spiro atoms. The van der Waals surface area contributed by atoms with E-state index in [4.69, 9.17) is 0 Å². The van der Waals surface area contributed by atoms with Gasteiger partial charge in [0.25, 0.3) is 0 Å². The Kier molecular flexibility index (Phi) is 5.87. The van der Waals surface area contributed by atoms with Crippen LogP contribution in [0.1, 0.15) is 62.6 Å². The quantitative estimate of drug-likeness (QED) is 0.797. The van der Waals surface area contributed by atoms with Gasteiger partial charge in [0.05, 0.1) is 0 Å². The predicted molar refractivity (Wildman–Crippen MR) is 92.9 cm³/mol. The van der Waals surface area contributed by atoms with Gasteiger partial charge in [0.2, 0.25) is 0 Å². The summed E-state index contributed by atoms with van der Waals surface area (Å²) < 4.78 is 0. The Morgan fingerprint density at radius 2 is 1.76 bits per heavy atom. The van der Waals surface area contributed by atoms with Gasteiger partial charge in [0.15, 0.2) is 0 Å². The number of rotatable bonds is 5. The largest absolute Gasteiger partial charge is 0.316 e. The molecule has 1 N–H and O–H groups in total. The first-order chi connectivity index (χ1) is 9.95. The van der Waals surface area contributed by atoms with Crippen LogP contribution in [0.15, 0.2) is 18.2 Å². The lowest BCUT2D eigenvalue weighted by Crippen LogP contribution is -2.33. The Morgan fingerprint density at radius 1 is 1.10 bits per heavy atom. The van der Waals surface area contributed by atoms with Gasteiger partial charge in [-0.1, -0.05) is 56.5 Å². The van der Waals surface area contributed by atoms with Crippen molar-refractivity contribution in [3.8, 4) is 0 Å². The molecule has 1 aliphatic carbocycles. The number of hydrogen-bond acceptors (Lipinski definition) is 1. The SMILES string of the molecule is Cc1cc(C)cc(C2CC(C)CCC2CNCC(C)C)c1. The van der Waals surface area contributed by atoms with Crippen molar-refractivity contribution in [3.05, 3.63) is 34.9 Å². The smallest absolute Gasteiger partial charge is 0.00146 e. The summed E-state index contributed by atoms with van der Waals surface area (Å²) in [5.74, 6) is 3.16. The lowest BCUT2D eigenvalue weighted by molar-refractivity contribution is 0.240. The van der Waals surface area contributed by atoms with E-state index in [2.05, 4.69) is 58.1 Å². The standard InChI is InChI=1S/C20H33N/c1-14(2)12-21-13-18-7-6-15(3)11-20(18)19-9-16(4)8-17(5)10-19/h8-10,14-15,18,20-21H,6-7,11-13H2,1-5H3. The van der Waals surface area contributed by atoms with Crippen LogP contribution in [0.4, 0.5) is 0 Å². The number of benzene rings is 1. The fourth-order valence-corrected chi connectivity index (χ4v) is 3.88. The molecule has 3 unspecified atom stereocenters. The maximum absolute atomic E-state index is 3.70. The Labute approximate surface area is 131 Å². The minimum Gasteiger partial charge on any atom is -0.316 e. The van der Waals surface area contributed by atoms with Crippen LogP contribution in [0.5, 0.6) is 0 Å².